The molecule has 0 saturated heterocycles. The predicted molar refractivity (Wildman–Crippen MR) is 72.5 cm³/mol. The Morgan fingerprint density at radius 3 is 2.60 bits per heavy atom. The topological polar surface area (TPSA) is 101 Å². The van der Waals surface area contributed by atoms with E-state index in [0.29, 0.717) is 13.0 Å². The second-order valence-electron chi connectivity index (χ2n) is 4.49. The first-order valence-corrected chi connectivity index (χ1v) is 6.55. The third-order valence-corrected chi connectivity index (χ3v) is 2.80. The molecule has 7 heteroatoms. The highest BCUT2D eigenvalue weighted by Gasteiger charge is 2.07. The molecule has 1 aromatic rings. The first-order valence-electron chi connectivity index (χ1n) is 6.55. The van der Waals surface area contributed by atoms with Gasteiger partial charge in [-0.25, -0.2) is 4.68 Å². The maximum absolute atomic E-state index is 11.7. The Kier molecular flexibility index (Phi) is 6.42. The lowest BCUT2D eigenvalue weighted by Crippen LogP contribution is -2.29. The van der Waals surface area contributed by atoms with Crippen LogP contribution in [0.15, 0.2) is 16.9 Å². The Morgan fingerprint density at radius 1 is 1.25 bits per heavy atom. The summed E-state index contributed by atoms with van der Waals surface area (Å²) in [6.07, 6.45) is 3.34. The largest absolute Gasteiger partial charge is 0.481 e. The van der Waals surface area contributed by atoms with Gasteiger partial charge < -0.3 is 10.4 Å². The lowest BCUT2D eigenvalue weighted by atomic mass is 10.1. The fourth-order valence-electron chi connectivity index (χ4n) is 1.67. The molecule has 0 aliphatic rings. The second kappa shape index (κ2) is 8.08. The van der Waals surface area contributed by atoms with Crippen LogP contribution in [-0.2, 0) is 11.8 Å². The quantitative estimate of drug-likeness (QED) is 0.677. The van der Waals surface area contributed by atoms with Crippen LogP contribution in [0.4, 0.5) is 0 Å². The number of carbonyl (C=O) groups is 2. The Morgan fingerprint density at radius 2 is 1.95 bits per heavy atom. The van der Waals surface area contributed by atoms with Crippen LogP contribution in [0.1, 0.15) is 42.6 Å². The van der Waals surface area contributed by atoms with Crippen LogP contribution in [0.25, 0.3) is 0 Å². The molecule has 0 unspecified atom stereocenters. The molecule has 7 nitrogen and oxygen atoms in total. The number of hydrogen-bond donors (Lipinski definition) is 2. The van der Waals surface area contributed by atoms with E-state index in [1.165, 1.54) is 19.2 Å². The van der Waals surface area contributed by atoms with E-state index < -0.39 is 5.97 Å². The van der Waals surface area contributed by atoms with Crippen LogP contribution in [0, 0.1) is 0 Å². The normalized spacial score (nSPS) is 10.2. The first-order chi connectivity index (χ1) is 9.50. The molecule has 0 fully saturated rings. The number of aryl methyl sites for hydroxylation is 1. The minimum Gasteiger partial charge on any atom is -0.481 e. The van der Waals surface area contributed by atoms with Gasteiger partial charge in [0.2, 0.25) is 0 Å². The maximum atomic E-state index is 11.7. The van der Waals surface area contributed by atoms with Crippen molar-refractivity contribution in [2.45, 2.75) is 32.1 Å². The summed E-state index contributed by atoms with van der Waals surface area (Å²) < 4.78 is 1.11. The SMILES string of the molecule is Cn1nc(C(=O)NCCCCCCC(=O)O)ccc1=O. The molecule has 20 heavy (non-hydrogen) atoms. The molecule has 0 radical (unpaired) electrons. The number of amides is 1. The van der Waals surface area contributed by atoms with Gasteiger partial charge in [0.15, 0.2) is 0 Å². The van der Waals surface area contributed by atoms with Crippen molar-refractivity contribution in [1.29, 1.82) is 0 Å². The minimum absolute atomic E-state index is 0.189. The molecule has 0 bridgehead atoms. The number of nitrogens with one attached hydrogen (secondary N) is 1. The van der Waals surface area contributed by atoms with E-state index in [9.17, 15) is 14.4 Å². The molecule has 0 aliphatic heterocycles. The van der Waals surface area contributed by atoms with Gasteiger partial charge in [0.1, 0.15) is 5.69 Å². The zero-order valence-electron chi connectivity index (χ0n) is 11.5. The fraction of sp³-hybridized carbons (Fsp3) is 0.538. The molecular weight excluding hydrogens is 262 g/mol. The molecule has 1 heterocycles. The Balaban J connectivity index is 2.21. The summed E-state index contributed by atoms with van der Waals surface area (Å²) in [5.41, 5.74) is -0.0574. The summed E-state index contributed by atoms with van der Waals surface area (Å²) in [5, 5.41) is 15.0. The molecule has 0 aliphatic carbocycles. The van der Waals surface area contributed by atoms with Gasteiger partial charge in [-0.15, -0.1) is 0 Å². The number of aromatic nitrogens is 2. The number of unbranched alkanes of at least 4 members (excludes halogenated alkanes) is 3. The smallest absolute Gasteiger partial charge is 0.303 e. The molecule has 2 N–H and O–H groups in total. The number of carboxylic acids is 1. The van der Waals surface area contributed by atoms with Crippen molar-refractivity contribution in [3.8, 4) is 0 Å². The van der Waals surface area contributed by atoms with Crippen LogP contribution in [-0.4, -0.2) is 33.3 Å². The first kappa shape index (κ1) is 15.9. The van der Waals surface area contributed by atoms with Gasteiger partial charge in [-0.2, -0.15) is 5.10 Å². The Labute approximate surface area is 116 Å². The van der Waals surface area contributed by atoms with Gasteiger partial charge in [-0.05, 0) is 18.9 Å². The summed E-state index contributed by atoms with van der Waals surface area (Å²) in [6.45, 7) is 0.510. The van der Waals surface area contributed by atoms with Gasteiger partial charge in [0.05, 0.1) is 0 Å². The maximum Gasteiger partial charge on any atom is 0.303 e. The summed E-state index contributed by atoms with van der Waals surface area (Å²) in [5.74, 6) is -1.09. The highest BCUT2D eigenvalue weighted by atomic mass is 16.4. The Hall–Kier alpha value is -2.18. The molecule has 1 amide bonds. The van der Waals surface area contributed by atoms with Gasteiger partial charge in [0, 0.05) is 26.1 Å². The van der Waals surface area contributed by atoms with Crippen molar-refractivity contribution in [2.75, 3.05) is 6.54 Å². The predicted octanol–water partition coefficient (Wildman–Crippen LogP) is 0.545. The number of aliphatic carboxylic acids is 1. The van der Waals surface area contributed by atoms with Crippen molar-refractivity contribution in [2.24, 2.45) is 7.05 Å². The molecule has 0 aromatic carbocycles. The summed E-state index contributed by atoms with van der Waals surface area (Å²) >= 11 is 0. The number of hydrogen-bond acceptors (Lipinski definition) is 4. The van der Waals surface area contributed by atoms with Crippen LogP contribution in [0.3, 0.4) is 0 Å². The summed E-state index contributed by atoms with van der Waals surface area (Å²) in [4.78, 5) is 33.1. The average Bonchev–Trinajstić information content (AvgIpc) is 2.40. The lowest BCUT2D eigenvalue weighted by Gasteiger charge is -2.05. The van der Waals surface area contributed by atoms with Gasteiger partial charge in [0.25, 0.3) is 11.5 Å². The summed E-state index contributed by atoms with van der Waals surface area (Å²) in [7, 11) is 1.49. The molecule has 0 spiro atoms. The lowest BCUT2D eigenvalue weighted by molar-refractivity contribution is -0.137. The van der Waals surface area contributed by atoms with Crippen molar-refractivity contribution in [1.82, 2.24) is 15.1 Å². The van der Waals surface area contributed by atoms with E-state index in [4.69, 9.17) is 5.11 Å². The van der Waals surface area contributed by atoms with Gasteiger partial charge >= 0.3 is 5.97 Å². The average molecular weight is 281 g/mol. The van der Waals surface area contributed by atoms with Crippen molar-refractivity contribution in [3.63, 3.8) is 0 Å². The van der Waals surface area contributed by atoms with Crippen molar-refractivity contribution >= 4 is 11.9 Å². The van der Waals surface area contributed by atoms with Crippen LogP contribution < -0.4 is 10.9 Å². The molecule has 0 atom stereocenters. The second-order valence-corrected chi connectivity index (χ2v) is 4.49. The molecule has 1 rings (SSSR count). The monoisotopic (exact) mass is 281 g/mol. The van der Waals surface area contributed by atoms with Crippen LogP contribution in [0.5, 0.6) is 0 Å². The number of rotatable bonds is 8. The van der Waals surface area contributed by atoms with E-state index in [0.717, 1.165) is 23.9 Å². The number of nitrogens with zero attached hydrogens (tertiary/aromatic N) is 2. The standard InChI is InChI=1S/C13H19N3O4/c1-16-11(17)8-7-10(15-16)13(20)14-9-5-3-2-4-6-12(18)19/h7-8H,2-6,9H2,1H3,(H,14,20)(H,18,19). The van der Waals surface area contributed by atoms with Crippen molar-refractivity contribution < 1.29 is 14.7 Å². The highest BCUT2D eigenvalue weighted by Crippen LogP contribution is 2.02. The summed E-state index contributed by atoms with van der Waals surface area (Å²) in [6, 6.07) is 2.69. The van der Waals surface area contributed by atoms with E-state index in [2.05, 4.69) is 10.4 Å². The Bertz CT molecular complexity index is 525. The zero-order valence-corrected chi connectivity index (χ0v) is 11.5. The van der Waals surface area contributed by atoms with Gasteiger partial charge in [-0.3, -0.25) is 14.4 Å². The molecular formula is C13H19N3O4. The van der Waals surface area contributed by atoms with Crippen LogP contribution in [0.2, 0.25) is 0 Å². The third-order valence-electron chi connectivity index (χ3n) is 2.80. The highest BCUT2D eigenvalue weighted by molar-refractivity contribution is 5.91. The molecule has 1 aromatic heterocycles. The zero-order chi connectivity index (χ0) is 15.0. The van der Waals surface area contributed by atoms with Gasteiger partial charge in [-0.1, -0.05) is 12.8 Å². The third kappa shape index (κ3) is 5.64. The van der Waals surface area contributed by atoms with E-state index in [1.807, 2.05) is 0 Å². The van der Waals surface area contributed by atoms with E-state index in [-0.39, 0.29) is 23.6 Å². The van der Waals surface area contributed by atoms with E-state index >= 15 is 0 Å². The number of carbonyl (C=O) groups excluding carboxylic acids is 1. The van der Waals surface area contributed by atoms with E-state index in [1.54, 1.807) is 0 Å². The molecule has 110 valence electrons. The minimum atomic E-state index is -0.779. The molecule has 0 saturated carbocycles. The van der Waals surface area contributed by atoms with Crippen molar-refractivity contribution in [3.05, 3.63) is 28.2 Å². The fourth-order valence-corrected chi connectivity index (χ4v) is 1.67. The number of carboxylic acid groups (broad SMARTS) is 1. The van der Waals surface area contributed by atoms with Crippen LogP contribution >= 0.6 is 0 Å².